The maximum atomic E-state index is 9.62. The molecule has 336 valence electrons. The van der Waals surface area contributed by atoms with Crippen LogP contribution in [0, 0.1) is 12.8 Å². The minimum atomic E-state index is -1.15. The lowest BCUT2D eigenvalue weighted by molar-refractivity contribution is 0.236. The normalized spacial score (nSPS) is 32.5. The minimum Gasteiger partial charge on any atom is -0.472 e. The fraction of sp³-hybridized carbons (Fsp3) is 0.533. The minimum absolute atomic E-state index is 0.0145. The number of hydrogen-bond acceptors (Lipinski definition) is 3. The quantitative estimate of drug-likeness (QED) is 0.161. The van der Waals surface area contributed by atoms with E-state index in [0.29, 0.717) is 12.8 Å². The van der Waals surface area contributed by atoms with Crippen molar-refractivity contribution in [2.75, 3.05) is 9.80 Å². The van der Waals surface area contributed by atoms with Crippen molar-refractivity contribution in [1.82, 2.24) is 0 Å². The molecule has 64 heavy (non-hydrogen) atoms. The molecule has 5 aromatic rings. The zero-order valence-electron chi connectivity index (χ0n) is 48.9. The van der Waals surface area contributed by atoms with Gasteiger partial charge in [0.15, 0.2) is 0 Å². The van der Waals surface area contributed by atoms with E-state index in [1.807, 2.05) is 0 Å². The number of aryl methyl sites for hydroxylation is 1. The highest BCUT2D eigenvalue weighted by molar-refractivity contribution is 6.99. The summed E-state index contributed by atoms with van der Waals surface area (Å²) < 4.78 is 80.4. The Morgan fingerprint density at radius 3 is 1.86 bits per heavy atom. The molecule has 6 unspecified atom stereocenters. The Morgan fingerprint density at radius 2 is 1.20 bits per heavy atom. The summed E-state index contributed by atoms with van der Waals surface area (Å²) in [4.78, 5) is 4.82. The number of benzene rings is 4. The zero-order chi connectivity index (χ0) is 52.3. The Bertz CT molecular complexity index is 2900. The van der Waals surface area contributed by atoms with Gasteiger partial charge in [-0.15, -0.1) is 0 Å². The summed E-state index contributed by atoms with van der Waals surface area (Å²) in [5.41, 5.74) is 14.3. The fourth-order valence-corrected chi connectivity index (χ4v) is 11.7. The third kappa shape index (κ3) is 7.04. The van der Waals surface area contributed by atoms with E-state index in [2.05, 4.69) is 173 Å². The molecule has 6 atom stereocenters. The van der Waals surface area contributed by atoms with E-state index in [4.69, 9.17) is 12.6 Å². The number of anilines is 6. The largest absolute Gasteiger partial charge is 0.472 e. The summed E-state index contributed by atoms with van der Waals surface area (Å²) in [6.07, 6.45) is -4.51. The van der Waals surface area contributed by atoms with E-state index < -0.39 is 62.5 Å². The number of hydrogen-bond donors (Lipinski definition) is 0. The maximum absolute atomic E-state index is 9.62. The molecule has 2 aliphatic heterocycles. The van der Waals surface area contributed by atoms with Crippen LogP contribution in [0.25, 0.3) is 0 Å². The van der Waals surface area contributed by atoms with E-state index in [1.165, 1.54) is 11.1 Å². The third-order valence-electron chi connectivity index (χ3n) is 15.9. The van der Waals surface area contributed by atoms with Crippen LogP contribution >= 0.6 is 0 Å². The fourth-order valence-electron chi connectivity index (χ4n) is 11.7. The van der Waals surface area contributed by atoms with Gasteiger partial charge in [-0.1, -0.05) is 158 Å². The van der Waals surface area contributed by atoms with Crippen LogP contribution in [0.5, 0.6) is 0 Å². The molecule has 1 aromatic heterocycles. The van der Waals surface area contributed by atoms with Gasteiger partial charge in [-0.3, -0.25) is 0 Å². The summed E-state index contributed by atoms with van der Waals surface area (Å²) in [6.45, 7) is 29.0. The topological polar surface area (TPSA) is 19.6 Å². The SMILES string of the molecule is [2H]C1CC(C(C)(C)c2ccc3c(c2)B2c4oc5c(c4N(c4ccc(C(C)(C)C)cc4)c4cc(C)cc(c42)N3c2ccc(C(C)(C)C)cc2C2C([2H])C([2H])C([2H])C([2H])C2[2H])C(C)(C)CCC5(C)C)CC([2H])C1[2H]. The molecule has 3 nitrogen and oxygen atoms in total. The maximum Gasteiger partial charge on any atom is 0.297 e. The van der Waals surface area contributed by atoms with Gasteiger partial charge in [-0.25, -0.2) is 0 Å². The summed E-state index contributed by atoms with van der Waals surface area (Å²) in [5.74, 6) is 0.243. The van der Waals surface area contributed by atoms with Crippen molar-refractivity contribution >= 4 is 57.4 Å². The molecular weight excluding hydrogens is 775 g/mol. The van der Waals surface area contributed by atoms with Gasteiger partial charge in [-0.05, 0) is 154 Å². The summed E-state index contributed by atoms with van der Waals surface area (Å²) >= 11 is 0. The van der Waals surface area contributed by atoms with Gasteiger partial charge >= 0.3 is 0 Å². The molecule has 0 N–H and O–H groups in total. The molecule has 2 fully saturated rings. The van der Waals surface area contributed by atoms with Crippen molar-refractivity contribution in [3.8, 4) is 0 Å². The molecule has 0 amide bonds. The Morgan fingerprint density at radius 1 is 0.625 bits per heavy atom. The number of rotatable bonds is 5. The molecule has 10 rings (SSSR count). The predicted octanol–water partition coefficient (Wildman–Crippen LogP) is 15.5. The van der Waals surface area contributed by atoms with Crippen LogP contribution < -0.4 is 26.4 Å². The van der Waals surface area contributed by atoms with Crippen molar-refractivity contribution < 1.29 is 15.4 Å². The van der Waals surface area contributed by atoms with Gasteiger partial charge in [-0.2, -0.15) is 0 Å². The van der Waals surface area contributed by atoms with Gasteiger partial charge in [0.25, 0.3) is 6.71 Å². The molecule has 4 heteroatoms. The van der Waals surface area contributed by atoms with Crippen LogP contribution in [0.4, 0.5) is 34.1 Å². The van der Waals surface area contributed by atoms with Crippen LogP contribution in [-0.4, -0.2) is 6.71 Å². The van der Waals surface area contributed by atoms with E-state index in [0.717, 1.165) is 91.6 Å². The smallest absolute Gasteiger partial charge is 0.297 e. The first kappa shape index (κ1) is 35.1. The third-order valence-corrected chi connectivity index (χ3v) is 15.9. The zero-order valence-corrected chi connectivity index (χ0v) is 40.9. The molecule has 2 saturated carbocycles. The first-order valence-corrected chi connectivity index (χ1v) is 24.2. The first-order chi connectivity index (χ1) is 33.5. The second-order valence-corrected chi connectivity index (χ2v) is 23.7. The van der Waals surface area contributed by atoms with Crippen LogP contribution in [0.1, 0.15) is 216 Å². The molecule has 3 heterocycles. The second-order valence-electron chi connectivity index (χ2n) is 23.7. The Kier molecular flexibility index (Phi) is 8.32. The average Bonchev–Trinajstić information content (AvgIpc) is 3.73. The van der Waals surface area contributed by atoms with Crippen LogP contribution in [-0.2, 0) is 27.1 Å². The summed E-state index contributed by atoms with van der Waals surface area (Å²) in [6, 6.07) is 26.9. The van der Waals surface area contributed by atoms with Gasteiger partial charge in [0.2, 0.25) is 0 Å². The number of nitrogens with zero attached hydrogens (tertiary/aromatic N) is 2. The molecule has 0 bridgehead atoms. The van der Waals surface area contributed by atoms with Gasteiger partial charge in [0.1, 0.15) is 5.76 Å². The Hall–Kier alpha value is -4.18. The van der Waals surface area contributed by atoms with E-state index in [-0.39, 0.29) is 34.3 Å². The lowest BCUT2D eigenvalue weighted by Gasteiger charge is -2.45. The Labute approximate surface area is 399 Å². The average molecular weight is 861 g/mol. The second kappa shape index (κ2) is 15.2. The number of fused-ring (bicyclic) bond motifs is 6. The summed E-state index contributed by atoms with van der Waals surface area (Å²) in [5, 5.41) is 0. The molecule has 0 saturated heterocycles. The Balaban J connectivity index is 1.31. The van der Waals surface area contributed by atoms with Gasteiger partial charge < -0.3 is 14.2 Å². The summed E-state index contributed by atoms with van der Waals surface area (Å²) in [7, 11) is 0. The lowest BCUT2D eigenvalue weighted by Crippen LogP contribution is -2.61. The molecule has 5 aliphatic rings. The van der Waals surface area contributed by atoms with Gasteiger partial charge in [0, 0.05) is 50.4 Å². The highest BCUT2D eigenvalue weighted by Gasteiger charge is 2.53. The van der Waals surface area contributed by atoms with E-state index in [1.54, 1.807) is 0 Å². The van der Waals surface area contributed by atoms with Crippen molar-refractivity contribution in [1.29, 1.82) is 0 Å². The predicted molar refractivity (Wildman–Crippen MR) is 276 cm³/mol. The van der Waals surface area contributed by atoms with Crippen molar-refractivity contribution in [2.24, 2.45) is 5.92 Å². The monoisotopic (exact) mass is 861 g/mol. The highest BCUT2D eigenvalue weighted by Crippen LogP contribution is 2.56. The van der Waals surface area contributed by atoms with Crippen molar-refractivity contribution in [3.05, 3.63) is 112 Å². The number of furan rings is 1. The van der Waals surface area contributed by atoms with Gasteiger partial charge in [0.05, 0.1) is 11.3 Å². The van der Waals surface area contributed by atoms with E-state index >= 15 is 0 Å². The highest BCUT2D eigenvalue weighted by atomic mass is 16.3. The van der Waals surface area contributed by atoms with E-state index in [9.17, 15) is 2.74 Å². The van der Waals surface area contributed by atoms with Crippen LogP contribution in [0.2, 0.25) is 0 Å². The molecule has 3 aliphatic carbocycles. The van der Waals surface area contributed by atoms with Crippen molar-refractivity contribution in [3.63, 3.8) is 0 Å². The molecule has 0 radical (unpaired) electrons. The first-order valence-electron chi connectivity index (χ1n) is 28.8. The molecule has 4 aromatic carbocycles. The van der Waals surface area contributed by atoms with Crippen LogP contribution in [0.15, 0.2) is 77.2 Å². The standard InChI is InChI=1S/C60H77BN2O/c1-38-34-49-52-50(35-38)63(47-30-26-42(57(5,6)7)36-45(47)39-20-16-14-17-21-39)48-31-27-43(60(12,13)41-22-18-15-19-23-41)37-46(48)61(52)55-53(51-54(64-55)59(10,11)33-32-58(51,8)9)62(49)44-28-24-40(25-29-44)56(2,3)4/h24-31,34-37,39,41H,14-23,32-33H2,1-13H3/i14D,15D,16D,17D,18D,19D,20D,21D. The molecular formula is C60H77BN2O. The lowest BCUT2D eigenvalue weighted by atomic mass is 9.35. The molecule has 0 spiro atoms. The van der Waals surface area contributed by atoms with Crippen LogP contribution in [0.3, 0.4) is 0 Å². The van der Waals surface area contributed by atoms with Crippen molar-refractivity contribution in [2.45, 2.75) is 200 Å².